The van der Waals surface area contributed by atoms with Gasteiger partial charge in [0.1, 0.15) is 0 Å². The van der Waals surface area contributed by atoms with Gasteiger partial charge in [0.15, 0.2) is 5.65 Å². The van der Waals surface area contributed by atoms with Crippen LogP contribution < -0.4 is 0 Å². The molecule has 0 N–H and O–H groups in total. The Bertz CT molecular complexity index is 1280. The lowest BCUT2D eigenvalue weighted by atomic mass is 9.96. The normalized spacial score (nSPS) is 17.7. The molecule has 158 valence electrons. The number of hydrogen-bond donors (Lipinski definition) is 0. The fraction of sp³-hybridized carbons (Fsp3) is 0.417. The first kappa shape index (κ1) is 18.9. The first-order valence-electron chi connectivity index (χ1n) is 11.1. The number of piperidine rings is 1. The van der Waals surface area contributed by atoms with Gasteiger partial charge < -0.3 is 4.90 Å². The molecule has 6 rings (SSSR count). The van der Waals surface area contributed by atoms with Crippen molar-refractivity contribution in [3.8, 4) is 0 Å². The minimum Gasteiger partial charge on any atom is -0.339 e. The van der Waals surface area contributed by atoms with Crippen LogP contribution in [0, 0.1) is 6.92 Å². The zero-order valence-corrected chi connectivity index (χ0v) is 18.7. The lowest BCUT2D eigenvalue weighted by Crippen LogP contribution is -2.38. The average Bonchev–Trinajstić information content (AvgIpc) is 3.49. The molecular formula is C24H25N5OS. The van der Waals surface area contributed by atoms with E-state index in [-0.39, 0.29) is 5.91 Å². The molecule has 2 aliphatic rings. The topological polar surface area (TPSA) is 63.9 Å². The summed E-state index contributed by atoms with van der Waals surface area (Å²) in [6, 6.07) is 10.4. The number of aromatic nitrogens is 4. The van der Waals surface area contributed by atoms with Crippen molar-refractivity contribution in [2.45, 2.75) is 44.4 Å². The Kier molecular flexibility index (Phi) is 4.35. The van der Waals surface area contributed by atoms with Crippen LogP contribution in [0.2, 0.25) is 0 Å². The van der Waals surface area contributed by atoms with Crippen molar-refractivity contribution < 1.29 is 4.79 Å². The predicted octanol–water partition coefficient (Wildman–Crippen LogP) is 4.78. The second-order valence-corrected chi connectivity index (χ2v) is 9.93. The molecule has 0 atom stereocenters. The molecule has 1 aliphatic carbocycles. The largest absolute Gasteiger partial charge is 0.339 e. The zero-order valence-electron chi connectivity index (χ0n) is 17.8. The monoisotopic (exact) mass is 431 g/mol. The van der Waals surface area contributed by atoms with E-state index in [1.165, 1.54) is 9.71 Å². The molecule has 3 aromatic heterocycles. The number of thiazole rings is 1. The minimum absolute atomic E-state index is 0.119. The number of likely N-dealkylation sites (tertiary alicyclic amines) is 1. The number of hydrogen-bond acceptors (Lipinski definition) is 5. The first-order chi connectivity index (χ1) is 15.1. The Hall–Kier alpha value is -2.80. The van der Waals surface area contributed by atoms with Gasteiger partial charge in [0.25, 0.3) is 5.91 Å². The Morgan fingerprint density at radius 2 is 1.84 bits per heavy atom. The Morgan fingerprint density at radius 3 is 2.58 bits per heavy atom. The van der Waals surface area contributed by atoms with E-state index in [0.717, 1.165) is 72.3 Å². The Morgan fingerprint density at radius 1 is 1.06 bits per heavy atom. The maximum atomic E-state index is 13.6. The fourth-order valence-electron chi connectivity index (χ4n) is 4.79. The summed E-state index contributed by atoms with van der Waals surface area (Å²) in [6.45, 7) is 3.50. The average molecular weight is 432 g/mol. The summed E-state index contributed by atoms with van der Waals surface area (Å²) in [6.07, 6.45) is 4.25. The van der Waals surface area contributed by atoms with E-state index in [0.29, 0.717) is 11.8 Å². The molecule has 2 fully saturated rings. The molecule has 1 saturated heterocycles. The van der Waals surface area contributed by atoms with E-state index in [2.05, 4.69) is 23.3 Å². The summed E-state index contributed by atoms with van der Waals surface area (Å²) < 4.78 is 3.06. The molecule has 1 aliphatic heterocycles. The van der Waals surface area contributed by atoms with Gasteiger partial charge in [-0.25, -0.2) is 9.97 Å². The molecule has 0 bridgehead atoms. The zero-order chi connectivity index (χ0) is 21.1. The number of amides is 1. The lowest BCUT2D eigenvalue weighted by Gasteiger charge is -2.31. The molecule has 1 saturated carbocycles. The maximum absolute atomic E-state index is 13.6. The number of pyridine rings is 1. The van der Waals surface area contributed by atoms with Crippen molar-refractivity contribution in [2.75, 3.05) is 13.1 Å². The molecule has 1 amide bonds. The number of carbonyl (C=O) groups excluding carboxylic acids is 1. The van der Waals surface area contributed by atoms with Gasteiger partial charge in [0.05, 0.1) is 31.9 Å². The van der Waals surface area contributed by atoms with Crippen LogP contribution in [-0.4, -0.2) is 43.6 Å². The summed E-state index contributed by atoms with van der Waals surface area (Å²) in [5.41, 5.74) is 4.61. The van der Waals surface area contributed by atoms with Gasteiger partial charge in [-0.3, -0.25) is 9.48 Å². The molecule has 4 aromatic rings. The van der Waals surface area contributed by atoms with Crippen LogP contribution in [0.25, 0.3) is 21.3 Å². The molecule has 0 spiro atoms. The van der Waals surface area contributed by atoms with Crippen molar-refractivity contribution in [2.24, 2.45) is 7.05 Å². The van der Waals surface area contributed by atoms with Crippen molar-refractivity contribution in [3.05, 3.63) is 52.3 Å². The van der Waals surface area contributed by atoms with Gasteiger partial charge in [-0.1, -0.05) is 12.1 Å². The highest BCUT2D eigenvalue weighted by molar-refractivity contribution is 7.18. The van der Waals surface area contributed by atoms with Gasteiger partial charge in [0, 0.05) is 37.7 Å². The van der Waals surface area contributed by atoms with Gasteiger partial charge in [0.2, 0.25) is 0 Å². The smallest absolute Gasteiger partial charge is 0.254 e. The number of aryl methyl sites for hydroxylation is 2. The van der Waals surface area contributed by atoms with E-state index < -0.39 is 0 Å². The van der Waals surface area contributed by atoms with Gasteiger partial charge in [-0.15, -0.1) is 11.3 Å². The summed E-state index contributed by atoms with van der Waals surface area (Å²) in [5, 5.41) is 6.66. The molecule has 31 heavy (non-hydrogen) atoms. The quantitative estimate of drug-likeness (QED) is 0.468. The van der Waals surface area contributed by atoms with Crippen molar-refractivity contribution >= 4 is 38.5 Å². The number of nitrogens with zero attached hydrogens (tertiary/aromatic N) is 5. The third-order valence-corrected chi connectivity index (χ3v) is 7.86. The molecule has 0 radical (unpaired) electrons. The van der Waals surface area contributed by atoms with Crippen molar-refractivity contribution in [3.63, 3.8) is 0 Å². The van der Waals surface area contributed by atoms with E-state index in [9.17, 15) is 4.79 Å². The predicted molar refractivity (Wildman–Crippen MR) is 123 cm³/mol. The summed E-state index contributed by atoms with van der Waals surface area (Å²) in [7, 11) is 1.91. The number of para-hydroxylation sites is 1. The van der Waals surface area contributed by atoms with Crippen LogP contribution in [0.5, 0.6) is 0 Å². The summed E-state index contributed by atoms with van der Waals surface area (Å²) in [4.78, 5) is 25.3. The maximum Gasteiger partial charge on any atom is 0.254 e. The lowest BCUT2D eigenvalue weighted by molar-refractivity contribution is 0.0714. The molecule has 6 nitrogen and oxygen atoms in total. The van der Waals surface area contributed by atoms with Gasteiger partial charge in [-0.2, -0.15) is 5.10 Å². The highest BCUT2D eigenvalue weighted by atomic mass is 32.1. The van der Waals surface area contributed by atoms with Crippen LogP contribution >= 0.6 is 11.3 Å². The molecule has 0 unspecified atom stereocenters. The van der Waals surface area contributed by atoms with E-state index in [1.54, 1.807) is 11.3 Å². The van der Waals surface area contributed by atoms with Gasteiger partial charge >= 0.3 is 0 Å². The third kappa shape index (κ3) is 3.22. The van der Waals surface area contributed by atoms with Gasteiger partial charge in [-0.05, 0) is 50.8 Å². The molecule has 4 heterocycles. The number of benzene rings is 1. The van der Waals surface area contributed by atoms with Crippen molar-refractivity contribution in [1.29, 1.82) is 0 Å². The number of fused-ring (bicyclic) bond motifs is 2. The fourth-order valence-corrected chi connectivity index (χ4v) is 5.92. The van der Waals surface area contributed by atoms with Crippen LogP contribution in [0.1, 0.15) is 64.3 Å². The Balaban J connectivity index is 1.27. The molecule has 7 heteroatoms. The number of carbonyl (C=O) groups is 1. The molecule has 1 aromatic carbocycles. The SMILES string of the molecule is Cc1nn(C)c2nc(C3CC3)cc(C(=O)N3CCC(c4nc5ccccc5s4)CC3)c12. The summed E-state index contributed by atoms with van der Waals surface area (Å²) >= 11 is 1.79. The minimum atomic E-state index is 0.119. The Labute approximate surface area is 184 Å². The highest BCUT2D eigenvalue weighted by Gasteiger charge is 2.31. The molecular weight excluding hydrogens is 406 g/mol. The van der Waals surface area contributed by atoms with Crippen LogP contribution in [0.4, 0.5) is 0 Å². The van der Waals surface area contributed by atoms with E-state index in [4.69, 9.17) is 9.97 Å². The van der Waals surface area contributed by atoms with E-state index in [1.807, 2.05) is 35.7 Å². The summed E-state index contributed by atoms with van der Waals surface area (Å²) in [5.74, 6) is 1.05. The second-order valence-electron chi connectivity index (χ2n) is 8.86. The highest BCUT2D eigenvalue weighted by Crippen LogP contribution is 2.41. The standard InChI is InChI=1S/C24H25N5OS/c1-14-21-17(13-19(15-7-8-15)25-22(21)28(2)27-14)24(30)29-11-9-16(10-12-29)23-26-18-5-3-4-6-20(18)31-23/h3-6,13,15-16H,7-12H2,1-2H3. The third-order valence-electron chi connectivity index (χ3n) is 6.66. The first-order valence-corrected chi connectivity index (χ1v) is 11.9. The van der Waals surface area contributed by atoms with Crippen LogP contribution in [0.15, 0.2) is 30.3 Å². The van der Waals surface area contributed by atoms with Crippen molar-refractivity contribution in [1.82, 2.24) is 24.6 Å². The van der Waals surface area contributed by atoms with E-state index >= 15 is 0 Å². The van der Waals surface area contributed by atoms with Crippen LogP contribution in [0.3, 0.4) is 0 Å². The second kappa shape index (κ2) is 7.12. The number of rotatable bonds is 3. The van der Waals surface area contributed by atoms with Crippen LogP contribution in [-0.2, 0) is 7.05 Å².